The monoisotopic (exact) mass is 505 g/mol. The van der Waals surface area contributed by atoms with Crippen molar-refractivity contribution < 1.29 is 24.2 Å². The summed E-state index contributed by atoms with van der Waals surface area (Å²) in [5.74, 6) is -2.81. The van der Waals surface area contributed by atoms with Gasteiger partial charge in [-0.1, -0.05) is 28.1 Å². The number of anilines is 1. The van der Waals surface area contributed by atoms with Crippen LogP contribution in [0.2, 0.25) is 0 Å². The van der Waals surface area contributed by atoms with Gasteiger partial charge in [0.05, 0.1) is 17.9 Å². The molecule has 31 heavy (non-hydrogen) atoms. The van der Waals surface area contributed by atoms with Crippen molar-refractivity contribution in [1.29, 1.82) is 0 Å². The van der Waals surface area contributed by atoms with Crippen LogP contribution in [0.25, 0.3) is 11.1 Å². The Balaban J connectivity index is 1.66. The van der Waals surface area contributed by atoms with Crippen molar-refractivity contribution in [3.63, 3.8) is 0 Å². The first-order chi connectivity index (χ1) is 14.8. The maximum absolute atomic E-state index is 13.2. The van der Waals surface area contributed by atoms with Crippen molar-refractivity contribution >= 4 is 50.1 Å². The van der Waals surface area contributed by atoms with Crippen LogP contribution in [0.4, 0.5) is 5.00 Å². The van der Waals surface area contributed by atoms with Crippen molar-refractivity contribution in [1.82, 2.24) is 0 Å². The van der Waals surface area contributed by atoms with Gasteiger partial charge in [-0.25, -0.2) is 4.79 Å². The van der Waals surface area contributed by atoms with E-state index < -0.39 is 23.8 Å². The highest BCUT2D eigenvalue weighted by Crippen LogP contribution is 2.53. The topological polar surface area (TPSA) is 92.7 Å². The van der Waals surface area contributed by atoms with Crippen molar-refractivity contribution in [3.05, 3.63) is 39.7 Å². The molecular weight excluding hydrogens is 482 g/mol. The minimum absolute atomic E-state index is 0.0605. The average molecular weight is 506 g/mol. The predicted molar refractivity (Wildman–Crippen MR) is 122 cm³/mol. The van der Waals surface area contributed by atoms with Crippen LogP contribution in [0.1, 0.15) is 43.5 Å². The van der Waals surface area contributed by atoms with Gasteiger partial charge >= 0.3 is 11.9 Å². The maximum Gasteiger partial charge on any atom is 0.342 e. The van der Waals surface area contributed by atoms with Gasteiger partial charge in [0.15, 0.2) is 0 Å². The van der Waals surface area contributed by atoms with E-state index in [2.05, 4.69) is 21.2 Å². The number of carbonyl (C=O) groups excluding carboxylic acids is 2. The Morgan fingerprint density at radius 3 is 2.39 bits per heavy atom. The second kappa shape index (κ2) is 8.74. The van der Waals surface area contributed by atoms with Gasteiger partial charge in [-0.15, -0.1) is 11.3 Å². The fourth-order valence-electron chi connectivity index (χ4n) is 4.99. The lowest BCUT2D eigenvalue weighted by atomic mass is 9.79. The van der Waals surface area contributed by atoms with Crippen LogP contribution in [0, 0.1) is 23.7 Å². The van der Waals surface area contributed by atoms with E-state index in [0.29, 0.717) is 16.1 Å². The first-order valence-corrected chi connectivity index (χ1v) is 12.1. The zero-order chi connectivity index (χ0) is 22.3. The molecule has 1 aromatic carbocycles. The van der Waals surface area contributed by atoms with Crippen LogP contribution in [0.5, 0.6) is 0 Å². The molecule has 2 fully saturated rings. The zero-order valence-electron chi connectivity index (χ0n) is 17.3. The lowest BCUT2D eigenvalue weighted by Gasteiger charge is -2.27. The normalized spacial score (nSPS) is 24.4. The fourth-order valence-corrected chi connectivity index (χ4v) is 6.21. The number of hydrogen-bond acceptors (Lipinski definition) is 5. The van der Waals surface area contributed by atoms with Crippen LogP contribution in [0.3, 0.4) is 0 Å². The van der Waals surface area contributed by atoms with E-state index in [4.69, 9.17) is 4.74 Å². The smallest absolute Gasteiger partial charge is 0.342 e. The minimum atomic E-state index is -0.909. The third-order valence-electron chi connectivity index (χ3n) is 6.23. The number of carboxylic acids is 1. The molecule has 2 N–H and O–H groups in total. The summed E-state index contributed by atoms with van der Waals surface area (Å²) >= 11 is 4.67. The molecule has 2 aliphatic carbocycles. The van der Waals surface area contributed by atoms with Gasteiger partial charge in [0.1, 0.15) is 10.6 Å². The van der Waals surface area contributed by atoms with Gasteiger partial charge in [-0.05, 0) is 62.6 Å². The second-order valence-electron chi connectivity index (χ2n) is 8.53. The van der Waals surface area contributed by atoms with E-state index in [1.54, 1.807) is 13.8 Å². The molecule has 4 rings (SSSR count). The van der Waals surface area contributed by atoms with Crippen molar-refractivity contribution in [2.45, 2.75) is 39.2 Å². The first kappa shape index (κ1) is 22.0. The number of fused-ring (bicyclic) bond motifs is 2. The molecule has 0 saturated heterocycles. The van der Waals surface area contributed by atoms with Crippen LogP contribution in [-0.2, 0) is 14.3 Å². The molecule has 2 bridgehead atoms. The van der Waals surface area contributed by atoms with E-state index in [1.165, 1.54) is 11.3 Å². The third-order valence-corrected chi connectivity index (χ3v) is 7.66. The van der Waals surface area contributed by atoms with E-state index in [0.717, 1.165) is 29.3 Å². The van der Waals surface area contributed by atoms with E-state index in [1.807, 2.05) is 29.6 Å². The van der Waals surface area contributed by atoms with Crippen molar-refractivity contribution in [2.75, 3.05) is 5.32 Å². The Morgan fingerprint density at radius 1 is 1.13 bits per heavy atom. The SMILES string of the molecule is CC(C)OC(=O)c1c(-c2ccc(Br)cc2)csc1NC(=O)[C@@H]1[C@@H]2CC[C@@H](C2)[C@@H]1C(=O)O. The number of ether oxygens (including phenoxy) is 1. The summed E-state index contributed by atoms with van der Waals surface area (Å²) in [6.07, 6.45) is 2.22. The number of nitrogens with one attached hydrogen (secondary N) is 1. The van der Waals surface area contributed by atoms with Gasteiger partial charge < -0.3 is 15.2 Å². The molecule has 0 unspecified atom stereocenters. The molecule has 2 aliphatic rings. The van der Waals surface area contributed by atoms with Crippen LogP contribution >= 0.6 is 27.3 Å². The van der Waals surface area contributed by atoms with Gasteiger partial charge in [0.25, 0.3) is 0 Å². The number of rotatable bonds is 6. The summed E-state index contributed by atoms with van der Waals surface area (Å²) in [7, 11) is 0. The van der Waals surface area contributed by atoms with Crippen molar-refractivity contribution in [2.24, 2.45) is 23.7 Å². The number of carbonyl (C=O) groups is 3. The third kappa shape index (κ3) is 4.28. The summed E-state index contributed by atoms with van der Waals surface area (Å²) in [6, 6.07) is 7.55. The number of thiophene rings is 1. The molecule has 0 aliphatic heterocycles. The van der Waals surface area contributed by atoms with Gasteiger partial charge in [0, 0.05) is 15.4 Å². The van der Waals surface area contributed by atoms with Crippen LogP contribution < -0.4 is 5.32 Å². The predicted octanol–water partition coefficient (Wildman–Crippen LogP) is 5.43. The first-order valence-electron chi connectivity index (χ1n) is 10.4. The number of aliphatic carboxylic acids is 1. The summed E-state index contributed by atoms with van der Waals surface area (Å²) in [5, 5.41) is 14.8. The Morgan fingerprint density at radius 2 is 1.77 bits per heavy atom. The minimum Gasteiger partial charge on any atom is -0.481 e. The largest absolute Gasteiger partial charge is 0.481 e. The number of carboxylic acid groups (broad SMARTS) is 1. The standard InChI is InChI=1S/C23H24BrNO5S/c1-11(2)30-23(29)19-16(12-5-7-15(24)8-6-12)10-31-21(19)25-20(26)17-13-3-4-14(9-13)18(17)22(27)28/h5-8,10-11,13-14,17-18H,3-4,9H2,1-2H3,(H,25,26)(H,27,28)/t13-,14+,17-,18+/m1/s1. The molecule has 164 valence electrons. The highest BCUT2D eigenvalue weighted by atomic mass is 79.9. The lowest BCUT2D eigenvalue weighted by Crippen LogP contribution is -2.38. The quantitative estimate of drug-likeness (QED) is 0.510. The molecule has 2 saturated carbocycles. The number of amides is 1. The Labute approximate surface area is 193 Å². The molecule has 6 nitrogen and oxygen atoms in total. The average Bonchev–Trinajstić information content (AvgIpc) is 3.42. The van der Waals surface area contributed by atoms with Gasteiger partial charge in [-0.3, -0.25) is 9.59 Å². The molecule has 2 aromatic rings. The Bertz CT molecular complexity index is 1020. The zero-order valence-corrected chi connectivity index (χ0v) is 19.7. The summed E-state index contributed by atoms with van der Waals surface area (Å²) in [4.78, 5) is 37.9. The number of halogens is 1. The summed E-state index contributed by atoms with van der Waals surface area (Å²) in [6.45, 7) is 3.54. The van der Waals surface area contributed by atoms with E-state index in [-0.39, 0.29) is 23.8 Å². The Hall–Kier alpha value is -2.19. The highest BCUT2D eigenvalue weighted by Gasteiger charge is 2.54. The second-order valence-corrected chi connectivity index (χ2v) is 10.3. The number of benzene rings is 1. The molecule has 1 amide bonds. The van der Waals surface area contributed by atoms with Crippen LogP contribution in [0.15, 0.2) is 34.1 Å². The molecule has 4 atom stereocenters. The molecule has 1 aromatic heterocycles. The molecule has 1 heterocycles. The molecular formula is C23H24BrNO5S. The fraction of sp³-hybridized carbons (Fsp3) is 0.435. The number of hydrogen-bond donors (Lipinski definition) is 2. The lowest BCUT2D eigenvalue weighted by molar-refractivity contribution is -0.148. The highest BCUT2D eigenvalue weighted by molar-refractivity contribution is 9.10. The van der Waals surface area contributed by atoms with Crippen molar-refractivity contribution in [3.8, 4) is 11.1 Å². The van der Waals surface area contributed by atoms with Gasteiger partial charge in [-0.2, -0.15) is 0 Å². The summed E-state index contributed by atoms with van der Waals surface area (Å²) < 4.78 is 6.37. The van der Waals surface area contributed by atoms with Gasteiger partial charge in [0.2, 0.25) is 5.91 Å². The molecule has 0 spiro atoms. The number of esters is 1. The molecule has 0 radical (unpaired) electrons. The summed E-state index contributed by atoms with van der Waals surface area (Å²) in [5.41, 5.74) is 1.82. The van der Waals surface area contributed by atoms with Crippen LogP contribution in [-0.4, -0.2) is 29.1 Å². The van der Waals surface area contributed by atoms with E-state index >= 15 is 0 Å². The maximum atomic E-state index is 13.2. The Kier molecular flexibility index (Phi) is 6.21. The van der Waals surface area contributed by atoms with E-state index in [9.17, 15) is 19.5 Å². The molecule has 8 heteroatoms.